The lowest BCUT2D eigenvalue weighted by Gasteiger charge is -2.26. The third kappa shape index (κ3) is 3.53. The first-order valence-electron chi connectivity index (χ1n) is 6.56. The molecule has 20 heavy (non-hydrogen) atoms. The van der Waals surface area contributed by atoms with E-state index in [4.69, 9.17) is 5.11 Å². The lowest BCUT2D eigenvalue weighted by Crippen LogP contribution is -2.37. The van der Waals surface area contributed by atoms with Crippen LogP contribution >= 0.6 is 0 Å². The van der Waals surface area contributed by atoms with E-state index in [9.17, 15) is 18.0 Å². The van der Waals surface area contributed by atoms with Crippen LogP contribution in [0.1, 0.15) is 30.9 Å². The molecule has 1 amide bonds. The van der Waals surface area contributed by atoms with Crippen molar-refractivity contribution in [2.45, 2.75) is 38.1 Å². The predicted molar refractivity (Wildman–Crippen MR) is 65.9 cm³/mol. The molecule has 0 aliphatic carbocycles. The predicted octanol–water partition coefficient (Wildman–Crippen LogP) is 2.10. The van der Waals surface area contributed by atoms with Crippen molar-refractivity contribution in [3.63, 3.8) is 0 Å². The standard InChI is InChI=1S/C13H17F3N2O2/c14-13(15,16)12(20)10-4-7-17(8-10)9-11(19)18-5-2-1-3-6-18/h4,7-8,12,20H,1-3,5-6,9H2. The SMILES string of the molecule is O=C(Cn1ccc(C(O)C(F)(F)F)c1)N1CCCCC1. The number of carbonyl (C=O) groups is 1. The Balaban J connectivity index is 1.97. The second-order valence-corrected chi connectivity index (χ2v) is 5.00. The van der Waals surface area contributed by atoms with Crippen molar-refractivity contribution in [2.24, 2.45) is 0 Å². The maximum absolute atomic E-state index is 12.4. The number of amides is 1. The first kappa shape index (κ1) is 14.9. The van der Waals surface area contributed by atoms with Gasteiger partial charge in [-0.25, -0.2) is 0 Å². The first-order valence-corrected chi connectivity index (χ1v) is 6.56. The Kier molecular flexibility index (Phi) is 4.37. The summed E-state index contributed by atoms with van der Waals surface area (Å²) in [7, 11) is 0. The highest BCUT2D eigenvalue weighted by molar-refractivity contribution is 5.76. The van der Waals surface area contributed by atoms with Crippen LogP contribution in [0.5, 0.6) is 0 Å². The molecule has 0 aromatic carbocycles. The molecule has 2 heterocycles. The highest BCUT2D eigenvalue weighted by Crippen LogP contribution is 2.32. The Morgan fingerprint density at radius 1 is 1.30 bits per heavy atom. The summed E-state index contributed by atoms with van der Waals surface area (Å²) < 4.78 is 38.5. The van der Waals surface area contributed by atoms with Crippen molar-refractivity contribution >= 4 is 5.91 Å². The highest BCUT2D eigenvalue weighted by Gasteiger charge is 2.39. The first-order chi connectivity index (χ1) is 9.38. The van der Waals surface area contributed by atoms with Gasteiger partial charge in [-0.2, -0.15) is 13.2 Å². The van der Waals surface area contributed by atoms with Gasteiger partial charge in [-0.1, -0.05) is 0 Å². The summed E-state index contributed by atoms with van der Waals surface area (Å²) in [5.41, 5.74) is -0.246. The molecule has 1 unspecified atom stereocenters. The van der Waals surface area contributed by atoms with Crippen LogP contribution in [-0.4, -0.2) is 39.7 Å². The van der Waals surface area contributed by atoms with Gasteiger partial charge in [0.25, 0.3) is 0 Å². The maximum atomic E-state index is 12.4. The number of hydrogen-bond donors (Lipinski definition) is 1. The molecule has 7 heteroatoms. The molecular weight excluding hydrogens is 273 g/mol. The minimum Gasteiger partial charge on any atom is -0.379 e. The van der Waals surface area contributed by atoms with Gasteiger partial charge in [0, 0.05) is 31.0 Å². The van der Waals surface area contributed by atoms with E-state index in [1.807, 2.05) is 0 Å². The lowest BCUT2D eigenvalue weighted by molar-refractivity contribution is -0.206. The van der Waals surface area contributed by atoms with Gasteiger partial charge in [-0.3, -0.25) is 4.79 Å². The molecule has 112 valence electrons. The fraction of sp³-hybridized carbons (Fsp3) is 0.615. The van der Waals surface area contributed by atoms with Crippen molar-refractivity contribution in [1.29, 1.82) is 0 Å². The Bertz CT molecular complexity index is 464. The monoisotopic (exact) mass is 290 g/mol. The minimum absolute atomic E-state index is 0.00454. The largest absolute Gasteiger partial charge is 0.418 e. The molecule has 1 saturated heterocycles. The number of aliphatic hydroxyl groups excluding tert-OH is 1. The van der Waals surface area contributed by atoms with Crippen molar-refractivity contribution in [3.05, 3.63) is 24.0 Å². The number of alkyl halides is 3. The van der Waals surface area contributed by atoms with E-state index >= 15 is 0 Å². The third-order valence-corrected chi connectivity index (χ3v) is 3.43. The smallest absolute Gasteiger partial charge is 0.379 e. The van der Waals surface area contributed by atoms with Crippen molar-refractivity contribution < 1.29 is 23.1 Å². The van der Waals surface area contributed by atoms with E-state index < -0.39 is 12.3 Å². The van der Waals surface area contributed by atoms with Crippen LogP contribution in [0.25, 0.3) is 0 Å². The molecule has 1 aliphatic rings. The zero-order chi connectivity index (χ0) is 14.8. The zero-order valence-electron chi connectivity index (χ0n) is 10.9. The molecule has 0 saturated carbocycles. The third-order valence-electron chi connectivity index (χ3n) is 3.43. The number of aliphatic hydroxyl groups is 1. The van der Waals surface area contributed by atoms with E-state index in [-0.39, 0.29) is 18.0 Å². The number of likely N-dealkylation sites (tertiary alicyclic amines) is 1. The number of hydrogen-bond acceptors (Lipinski definition) is 2. The second-order valence-electron chi connectivity index (χ2n) is 5.00. The number of rotatable bonds is 3. The van der Waals surface area contributed by atoms with E-state index in [0.717, 1.165) is 19.3 Å². The van der Waals surface area contributed by atoms with Crippen molar-refractivity contribution in [3.8, 4) is 0 Å². The normalized spacial score (nSPS) is 18.1. The number of nitrogens with zero attached hydrogens (tertiary/aromatic N) is 2. The van der Waals surface area contributed by atoms with Gasteiger partial charge in [0.05, 0.1) is 0 Å². The molecule has 4 nitrogen and oxygen atoms in total. The molecule has 0 spiro atoms. The molecule has 0 bridgehead atoms. The van der Waals surface area contributed by atoms with Crippen LogP contribution in [-0.2, 0) is 11.3 Å². The molecule has 1 atom stereocenters. The van der Waals surface area contributed by atoms with E-state index in [2.05, 4.69) is 0 Å². The zero-order valence-corrected chi connectivity index (χ0v) is 10.9. The van der Waals surface area contributed by atoms with Gasteiger partial charge in [-0.15, -0.1) is 0 Å². The summed E-state index contributed by atoms with van der Waals surface area (Å²) >= 11 is 0. The van der Waals surface area contributed by atoms with Crippen LogP contribution in [0.2, 0.25) is 0 Å². The van der Waals surface area contributed by atoms with E-state index in [0.29, 0.717) is 13.1 Å². The average Bonchev–Trinajstić information content (AvgIpc) is 2.86. The summed E-state index contributed by atoms with van der Waals surface area (Å²) in [5, 5.41) is 9.12. The molecule has 2 rings (SSSR count). The molecule has 1 aliphatic heterocycles. The molecule has 1 N–H and O–H groups in total. The topological polar surface area (TPSA) is 45.5 Å². The Labute approximate surface area is 114 Å². The van der Waals surface area contributed by atoms with Gasteiger partial charge in [-0.05, 0) is 25.3 Å². The summed E-state index contributed by atoms with van der Waals surface area (Å²) in [6, 6.07) is 1.18. The number of piperidine rings is 1. The Hall–Kier alpha value is -1.50. The quantitative estimate of drug-likeness (QED) is 0.926. The summed E-state index contributed by atoms with van der Waals surface area (Å²) in [5.74, 6) is -0.103. The summed E-state index contributed by atoms with van der Waals surface area (Å²) in [4.78, 5) is 13.7. The average molecular weight is 290 g/mol. The fourth-order valence-corrected chi connectivity index (χ4v) is 2.31. The van der Waals surface area contributed by atoms with Crippen LogP contribution in [0.3, 0.4) is 0 Å². The molecule has 1 aromatic heterocycles. The molecular formula is C13H17F3N2O2. The van der Waals surface area contributed by atoms with Crippen LogP contribution in [0, 0.1) is 0 Å². The second kappa shape index (κ2) is 5.87. The Morgan fingerprint density at radius 3 is 2.55 bits per heavy atom. The maximum Gasteiger partial charge on any atom is 0.418 e. The summed E-state index contributed by atoms with van der Waals surface area (Å²) in [6.45, 7) is 1.42. The van der Waals surface area contributed by atoms with Crippen molar-refractivity contribution in [2.75, 3.05) is 13.1 Å². The van der Waals surface area contributed by atoms with Gasteiger partial charge in [0.1, 0.15) is 6.54 Å². The number of halogens is 3. The van der Waals surface area contributed by atoms with Gasteiger partial charge in [0.15, 0.2) is 6.10 Å². The summed E-state index contributed by atoms with van der Waals surface area (Å²) in [6.07, 6.45) is -1.61. The lowest BCUT2D eigenvalue weighted by atomic mass is 10.1. The minimum atomic E-state index is -4.69. The van der Waals surface area contributed by atoms with Crippen LogP contribution in [0.15, 0.2) is 18.5 Å². The van der Waals surface area contributed by atoms with Gasteiger partial charge < -0.3 is 14.6 Å². The highest BCUT2D eigenvalue weighted by atomic mass is 19.4. The number of aromatic nitrogens is 1. The van der Waals surface area contributed by atoms with Gasteiger partial charge in [0.2, 0.25) is 5.91 Å². The molecule has 0 radical (unpaired) electrons. The Morgan fingerprint density at radius 2 is 1.95 bits per heavy atom. The van der Waals surface area contributed by atoms with Gasteiger partial charge >= 0.3 is 6.18 Å². The fourth-order valence-electron chi connectivity index (χ4n) is 2.31. The molecule has 1 aromatic rings. The van der Waals surface area contributed by atoms with Crippen LogP contribution in [0.4, 0.5) is 13.2 Å². The van der Waals surface area contributed by atoms with E-state index in [1.54, 1.807) is 4.90 Å². The van der Waals surface area contributed by atoms with Crippen LogP contribution < -0.4 is 0 Å². The number of carbonyl (C=O) groups excluding carboxylic acids is 1. The van der Waals surface area contributed by atoms with E-state index in [1.165, 1.54) is 23.0 Å². The molecule has 1 fully saturated rings. The van der Waals surface area contributed by atoms with Crippen molar-refractivity contribution in [1.82, 2.24) is 9.47 Å².